The predicted molar refractivity (Wildman–Crippen MR) is 82.4 cm³/mol. The zero-order valence-corrected chi connectivity index (χ0v) is 14.0. The molecular formula is C15H13F7N2OS. The van der Waals surface area contributed by atoms with Gasteiger partial charge in [0.15, 0.2) is 6.61 Å². The van der Waals surface area contributed by atoms with E-state index in [-0.39, 0.29) is 16.5 Å². The van der Waals surface area contributed by atoms with Crippen molar-refractivity contribution < 1.29 is 35.5 Å². The first-order valence-electron chi connectivity index (χ1n) is 7.45. The zero-order chi connectivity index (χ0) is 19.3. The van der Waals surface area contributed by atoms with E-state index >= 15 is 0 Å². The Morgan fingerprint density at radius 1 is 1.19 bits per heavy atom. The Kier molecular flexibility index (Phi) is 4.67. The minimum absolute atomic E-state index is 0.0775. The minimum atomic E-state index is -6.37. The van der Waals surface area contributed by atoms with Crippen LogP contribution in [0, 0.1) is 0 Å². The molecule has 2 atom stereocenters. The Bertz CT molecular complexity index is 735. The standard InChI is InChI=1S/C15H13F7N2OS/c1-23-12-24-11-9-3-2-8(4-7(9)5-10(11)26-12)25-6-13(16,17)14(18,19)15(20,21)22/h2-4,10,12,23H,5-6H2,1H3. The maximum Gasteiger partial charge on any atom is 0.460 e. The first kappa shape index (κ1) is 19.3. The second-order valence-electron chi connectivity index (χ2n) is 5.87. The smallest absolute Gasteiger partial charge is 0.460 e. The van der Waals surface area contributed by atoms with Gasteiger partial charge in [0.2, 0.25) is 0 Å². The van der Waals surface area contributed by atoms with Gasteiger partial charge in [-0.1, -0.05) is 0 Å². The Morgan fingerprint density at radius 3 is 2.50 bits per heavy atom. The van der Waals surface area contributed by atoms with E-state index in [1.807, 2.05) is 0 Å². The van der Waals surface area contributed by atoms with Crippen LogP contribution in [0.3, 0.4) is 0 Å². The fourth-order valence-corrected chi connectivity index (χ4v) is 3.94. The van der Waals surface area contributed by atoms with E-state index in [0.29, 0.717) is 6.42 Å². The lowest BCUT2D eigenvalue weighted by Crippen LogP contribution is -2.54. The number of alkyl halides is 7. The van der Waals surface area contributed by atoms with Crippen molar-refractivity contribution in [2.24, 2.45) is 4.99 Å². The van der Waals surface area contributed by atoms with E-state index in [2.05, 4.69) is 15.0 Å². The molecule has 1 N–H and O–H groups in total. The fraction of sp³-hybridized carbons (Fsp3) is 0.533. The summed E-state index contributed by atoms with van der Waals surface area (Å²) in [5.74, 6) is -11.8. The van der Waals surface area contributed by atoms with Gasteiger partial charge in [0.25, 0.3) is 0 Å². The van der Waals surface area contributed by atoms with E-state index in [0.717, 1.165) is 16.8 Å². The normalized spacial score (nSPS) is 22.8. The average molecular weight is 402 g/mol. The molecule has 1 heterocycles. The van der Waals surface area contributed by atoms with Crippen molar-refractivity contribution in [3.63, 3.8) is 0 Å². The van der Waals surface area contributed by atoms with Crippen molar-refractivity contribution in [2.45, 2.75) is 35.2 Å². The van der Waals surface area contributed by atoms with Crippen LogP contribution >= 0.6 is 11.8 Å². The van der Waals surface area contributed by atoms with Crippen LogP contribution in [0.15, 0.2) is 23.2 Å². The van der Waals surface area contributed by atoms with Crippen LogP contribution in [0.25, 0.3) is 0 Å². The van der Waals surface area contributed by atoms with Crippen molar-refractivity contribution in [3.05, 3.63) is 29.3 Å². The molecule has 1 aromatic rings. The fourth-order valence-electron chi connectivity index (χ4n) is 2.73. The lowest BCUT2D eigenvalue weighted by atomic mass is 10.1. The summed E-state index contributed by atoms with van der Waals surface area (Å²) in [6, 6.07) is 4.16. The lowest BCUT2D eigenvalue weighted by Gasteiger charge is -2.28. The number of thioether (sulfide) groups is 1. The Labute approximate surface area is 148 Å². The highest BCUT2D eigenvalue weighted by Crippen LogP contribution is 2.46. The molecule has 26 heavy (non-hydrogen) atoms. The number of fused-ring (bicyclic) bond motifs is 3. The van der Waals surface area contributed by atoms with Gasteiger partial charge in [0.1, 0.15) is 11.2 Å². The minimum Gasteiger partial charge on any atom is -0.487 e. The molecule has 1 aromatic carbocycles. The Balaban J connectivity index is 1.73. The molecule has 0 saturated carbocycles. The van der Waals surface area contributed by atoms with Crippen LogP contribution in [0.5, 0.6) is 5.75 Å². The summed E-state index contributed by atoms with van der Waals surface area (Å²) in [7, 11) is 1.76. The van der Waals surface area contributed by atoms with E-state index in [1.165, 1.54) is 12.1 Å². The number of rotatable bonds is 5. The molecule has 0 bridgehead atoms. The summed E-state index contributed by atoms with van der Waals surface area (Å²) in [5, 5.41) is 3.08. The predicted octanol–water partition coefficient (Wildman–Crippen LogP) is 3.86. The molecule has 1 aliphatic carbocycles. The van der Waals surface area contributed by atoms with Gasteiger partial charge in [-0.25, -0.2) is 0 Å². The number of nitrogens with one attached hydrogen (secondary N) is 1. The molecule has 1 aliphatic heterocycles. The number of nitrogens with zero attached hydrogens (tertiary/aromatic N) is 1. The van der Waals surface area contributed by atoms with Crippen molar-refractivity contribution in [3.8, 4) is 5.75 Å². The van der Waals surface area contributed by atoms with Crippen molar-refractivity contribution >= 4 is 17.5 Å². The molecule has 11 heteroatoms. The van der Waals surface area contributed by atoms with Gasteiger partial charge in [0, 0.05) is 5.56 Å². The van der Waals surface area contributed by atoms with Crippen LogP contribution in [0.4, 0.5) is 30.7 Å². The molecule has 2 aliphatic rings. The quantitative estimate of drug-likeness (QED) is 0.760. The zero-order valence-electron chi connectivity index (χ0n) is 13.2. The van der Waals surface area contributed by atoms with Crippen LogP contribution in [0.2, 0.25) is 0 Å². The molecule has 3 rings (SSSR count). The molecule has 0 amide bonds. The average Bonchev–Trinajstić information content (AvgIpc) is 3.08. The number of hydrogen-bond acceptors (Lipinski definition) is 4. The third-order valence-electron chi connectivity index (χ3n) is 4.09. The summed E-state index contributed by atoms with van der Waals surface area (Å²) in [6.45, 7) is -2.08. The van der Waals surface area contributed by atoms with Gasteiger partial charge < -0.3 is 4.74 Å². The molecule has 144 valence electrons. The summed E-state index contributed by atoms with van der Waals surface area (Å²) < 4.78 is 93.3. The summed E-state index contributed by atoms with van der Waals surface area (Å²) >= 11 is 1.57. The highest BCUT2D eigenvalue weighted by atomic mass is 32.2. The topological polar surface area (TPSA) is 33.6 Å². The molecule has 0 aromatic heterocycles. The van der Waals surface area contributed by atoms with Gasteiger partial charge in [0.05, 0.1) is 11.0 Å². The number of ether oxygens (including phenoxy) is 1. The van der Waals surface area contributed by atoms with E-state index in [1.54, 1.807) is 24.9 Å². The van der Waals surface area contributed by atoms with Gasteiger partial charge in [-0.3, -0.25) is 10.3 Å². The maximum atomic E-state index is 13.3. The molecule has 0 spiro atoms. The number of hydrogen-bond donors (Lipinski definition) is 1. The summed E-state index contributed by atoms with van der Waals surface area (Å²) in [4.78, 5) is 4.47. The summed E-state index contributed by atoms with van der Waals surface area (Å²) in [6.07, 6.45) is -5.82. The third-order valence-corrected chi connectivity index (χ3v) is 5.41. The highest BCUT2D eigenvalue weighted by Gasteiger charge is 2.73. The van der Waals surface area contributed by atoms with Crippen molar-refractivity contribution in [2.75, 3.05) is 13.7 Å². The molecular weight excluding hydrogens is 389 g/mol. The first-order valence-corrected chi connectivity index (χ1v) is 8.39. The van der Waals surface area contributed by atoms with Crippen molar-refractivity contribution in [1.29, 1.82) is 0 Å². The molecule has 2 unspecified atom stereocenters. The van der Waals surface area contributed by atoms with Gasteiger partial charge in [-0.2, -0.15) is 30.7 Å². The molecule has 0 fully saturated rings. The van der Waals surface area contributed by atoms with Gasteiger partial charge in [-0.15, -0.1) is 11.8 Å². The van der Waals surface area contributed by atoms with Gasteiger partial charge >= 0.3 is 18.0 Å². The largest absolute Gasteiger partial charge is 0.487 e. The number of benzene rings is 1. The molecule has 0 radical (unpaired) electrons. The van der Waals surface area contributed by atoms with Crippen LogP contribution in [-0.2, 0) is 6.42 Å². The van der Waals surface area contributed by atoms with E-state index in [9.17, 15) is 30.7 Å². The number of aliphatic imine (C=N–C) groups is 1. The Morgan fingerprint density at radius 2 is 1.88 bits per heavy atom. The lowest BCUT2D eigenvalue weighted by molar-refractivity contribution is -0.358. The molecule has 0 saturated heterocycles. The van der Waals surface area contributed by atoms with Gasteiger partial charge in [-0.05, 0) is 37.2 Å². The second kappa shape index (κ2) is 6.29. The van der Waals surface area contributed by atoms with E-state index < -0.39 is 24.6 Å². The van der Waals surface area contributed by atoms with Crippen molar-refractivity contribution in [1.82, 2.24) is 5.32 Å². The molecule has 3 nitrogen and oxygen atoms in total. The summed E-state index contributed by atoms with van der Waals surface area (Å²) in [5.41, 5.74) is 2.27. The van der Waals surface area contributed by atoms with Crippen LogP contribution < -0.4 is 10.1 Å². The first-order chi connectivity index (χ1) is 12.0. The van der Waals surface area contributed by atoms with Crippen LogP contribution in [0.1, 0.15) is 11.1 Å². The monoisotopic (exact) mass is 402 g/mol. The Hall–Kier alpha value is -1.49. The third kappa shape index (κ3) is 3.15. The number of halogens is 7. The van der Waals surface area contributed by atoms with E-state index in [4.69, 9.17) is 0 Å². The second-order valence-corrected chi connectivity index (χ2v) is 7.16. The highest BCUT2D eigenvalue weighted by molar-refractivity contribution is 8.01. The van der Waals surface area contributed by atoms with Crippen LogP contribution in [-0.4, -0.2) is 48.1 Å². The maximum absolute atomic E-state index is 13.3. The SMILES string of the molecule is CNC1N=C2c3ccc(OCC(F)(F)C(F)(F)C(F)(F)F)cc3CC2S1.